The molecule has 5 rings (SSSR count). The van der Waals surface area contributed by atoms with Crippen LogP contribution in [-0.2, 0) is 5.88 Å². The minimum Gasteiger partial charge on any atom is -0.433 e. The Kier molecular flexibility index (Phi) is 13.3. The Labute approximate surface area is 250 Å². The number of nitrogen functional groups attached to an aromatic ring is 1. The van der Waals surface area contributed by atoms with Gasteiger partial charge in [0.05, 0.1) is 17.6 Å². The van der Waals surface area contributed by atoms with Gasteiger partial charge in [0.25, 0.3) is 0 Å². The van der Waals surface area contributed by atoms with Crippen LogP contribution in [0.4, 0.5) is 14.6 Å². The van der Waals surface area contributed by atoms with Crippen LogP contribution < -0.4 is 20.0 Å². The normalized spacial score (nSPS) is 10.0. The number of nitrogens with zero attached hydrogens (tertiary/aromatic N) is 5. The molecule has 4 heterocycles. The molecule has 0 aliphatic rings. The van der Waals surface area contributed by atoms with Crippen molar-refractivity contribution in [3.63, 3.8) is 0 Å². The number of halogens is 3. The van der Waals surface area contributed by atoms with Crippen molar-refractivity contribution in [2.24, 2.45) is 0 Å². The molecule has 0 aliphatic carbocycles. The molecule has 0 unspecified atom stereocenters. The first-order chi connectivity index (χ1) is 20.5. The van der Waals surface area contributed by atoms with E-state index in [0.29, 0.717) is 45.6 Å². The van der Waals surface area contributed by atoms with Crippen LogP contribution in [0.3, 0.4) is 0 Å². The number of nitrogens with two attached hydrogens (primary N) is 1. The average molecular weight is 598 g/mol. The highest BCUT2D eigenvalue weighted by Crippen LogP contribution is 2.31. The first-order valence-corrected chi connectivity index (χ1v) is 13.8. The number of pyridine rings is 3. The van der Waals surface area contributed by atoms with Crippen LogP contribution in [0.1, 0.15) is 33.3 Å². The highest BCUT2D eigenvalue weighted by molar-refractivity contribution is 6.17. The molecule has 0 aliphatic heterocycles. The van der Waals surface area contributed by atoms with E-state index in [4.69, 9.17) is 32.1 Å². The SMILES string of the molecule is C=C.CC.CC.CO[n+]1cccc(-c2nc3ccc(-c4ccc(OC(F)F)cn4)nc3n2-c2ccc(CCl)cc2)c1N. The molecule has 0 bridgehead atoms. The lowest BCUT2D eigenvalue weighted by molar-refractivity contribution is -0.873. The van der Waals surface area contributed by atoms with Crippen molar-refractivity contribution in [1.29, 1.82) is 0 Å². The Morgan fingerprint density at radius 1 is 0.952 bits per heavy atom. The molecule has 4 aromatic heterocycles. The number of hydrogen-bond acceptors (Lipinski definition) is 6. The molecule has 0 amide bonds. The number of anilines is 1. The van der Waals surface area contributed by atoms with E-state index in [1.54, 1.807) is 24.4 Å². The summed E-state index contributed by atoms with van der Waals surface area (Å²) in [5.74, 6) is 1.28. The zero-order chi connectivity index (χ0) is 31.2. The lowest BCUT2D eigenvalue weighted by atomic mass is 10.2. The fraction of sp³-hybridized carbons (Fsp3) is 0.226. The molecule has 0 saturated heterocycles. The monoisotopic (exact) mass is 597 g/mol. The maximum Gasteiger partial charge on any atom is 0.387 e. The van der Waals surface area contributed by atoms with E-state index in [2.05, 4.69) is 22.9 Å². The summed E-state index contributed by atoms with van der Waals surface area (Å²) in [7, 11) is 1.52. The van der Waals surface area contributed by atoms with Gasteiger partial charge >= 0.3 is 12.4 Å². The van der Waals surface area contributed by atoms with Gasteiger partial charge in [-0.3, -0.25) is 15.3 Å². The van der Waals surface area contributed by atoms with Gasteiger partial charge in [0.15, 0.2) is 11.5 Å². The number of imidazole rings is 1. The summed E-state index contributed by atoms with van der Waals surface area (Å²) in [6, 6.07) is 17.9. The minimum absolute atomic E-state index is 0.0347. The number of rotatable bonds is 7. The molecule has 222 valence electrons. The zero-order valence-corrected chi connectivity index (χ0v) is 25.1. The Morgan fingerprint density at radius 3 is 2.19 bits per heavy atom. The smallest absolute Gasteiger partial charge is 0.387 e. The van der Waals surface area contributed by atoms with Gasteiger partial charge < -0.3 is 9.57 Å². The van der Waals surface area contributed by atoms with Crippen molar-refractivity contribution >= 4 is 28.6 Å². The number of fused-ring (bicyclic) bond motifs is 1. The van der Waals surface area contributed by atoms with Gasteiger partial charge in [0.1, 0.15) is 30.1 Å². The van der Waals surface area contributed by atoms with Gasteiger partial charge in [0.2, 0.25) is 0 Å². The van der Waals surface area contributed by atoms with Gasteiger partial charge in [0, 0.05) is 11.6 Å². The number of alkyl halides is 3. The molecule has 1 aromatic carbocycles. The summed E-state index contributed by atoms with van der Waals surface area (Å²) in [4.78, 5) is 19.2. The molecule has 0 fully saturated rings. The molecule has 0 radical (unpaired) electrons. The second-order valence-electron chi connectivity index (χ2n) is 7.68. The van der Waals surface area contributed by atoms with Crippen molar-refractivity contribution in [3.05, 3.63) is 91.8 Å². The molecule has 8 nitrogen and oxygen atoms in total. The first kappa shape index (κ1) is 33.6. The number of benzene rings is 1. The van der Waals surface area contributed by atoms with Gasteiger partial charge in [-0.05, 0) is 58.8 Å². The molecule has 2 N–H and O–H groups in total. The van der Waals surface area contributed by atoms with Crippen molar-refractivity contribution in [2.75, 3.05) is 12.8 Å². The molecule has 42 heavy (non-hydrogen) atoms. The summed E-state index contributed by atoms with van der Waals surface area (Å²) in [6.07, 6.45) is 2.93. The van der Waals surface area contributed by atoms with Gasteiger partial charge in [-0.15, -0.1) is 24.8 Å². The van der Waals surface area contributed by atoms with E-state index in [0.717, 1.165) is 11.3 Å². The van der Waals surface area contributed by atoms with Crippen LogP contribution >= 0.6 is 11.6 Å². The summed E-state index contributed by atoms with van der Waals surface area (Å²) < 4.78 is 32.7. The Balaban J connectivity index is 0.000000966. The molecular formula is C31H36ClF2N6O2+. The lowest BCUT2D eigenvalue weighted by Gasteiger charge is -2.11. The Hall–Kier alpha value is -4.57. The maximum absolute atomic E-state index is 12.5. The molecule has 0 atom stereocenters. The highest BCUT2D eigenvalue weighted by Gasteiger charge is 2.22. The third-order valence-corrected chi connectivity index (χ3v) is 5.82. The number of aromatic nitrogens is 5. The molecule has 5 aromatic rings. The quantitative estimate of drug-likeness (QED) is 0.120. The van der Waals surface area contributed by atoms with Crippen molar-refractivity contribution in [1.82, 2.24) is 19.5 Å². The van der Waals surface area contributed by atoms with Crippen LogP contribution in [0, 0.1) is 0 Å². The van der Waals surface area contributed by atoms with E-state index in [9.17, 15) is 8.78 Å². The van der Waals surface area contributed by atoms with E-state index < -0.39 is 6.61 Å². The van der Waals surface area contributed by atoms with Gasteiger partial charge in [-0.2, -0.15) is 8.78 Å². The van der Waals surface area contributed by atoms with Crippen LogP contribution in [0.5, 0.6) is 5.75 Å². The number of ether oxygens (including phenoxy) is 1. The molecule has 11 heteroatoms. The summed E-state index contributed by atoms with van der Waals surface area (Å²) in [6.45, 7) is 11.1. The van der Waals surface area contributed by atoms with E-state index in [-0.39, 0.29) is 5.75 Å². The van der Waals surface area contributed by atoms with E-state index in [1.165, 1.54) is 24.1 Å². The van der Waals surface area contributed by atoms with Crippen molar-refractivity contribution in [3.8, 4) is 34.2 Å². The van der Waals surface area contributed by atoms with E-state index in [1.807, 2.05) is 68.7 Å². The first-order valence-electron chi connectivity index (χ1n) is 13.3. The maximum atomic E-state index is 12.5. The third-order valence-electron chi connectivity index (χ3n) is 5.51. The second-order valence-corrected chi connectivity index (χ2v) is 7.95. The zero-order valence-electron chi connectivity index (χ0n) is 24.4. The standard InChI is InChI=1S/C25H19ClF2N6O2.2C2H6.C2H4/c1-35-33-12-2-3-18(22(33)29)23-32-21-11-10-20(19-9-8-17(14-30-19)36-25(27)28)31-24(21)34(23)16-6-4-15(13-26)5-7-16;3*1-2/h2-12,14,25,29H,13H2,1H3;2*1-2H3;1-2H2/p+1. The Bertz CT molecular complexity index is 1540. The minimum atomic E-state index is -2.92. The second kappa shape index (κ2) is 16.6. The summed E-state index contributed by atoms with van der Waals surface area (Å²) in [5.41, 5.74) is 11.0. The average Bonchev–Trinajstić information content (AvgIpc) is 3.42. The highest BCUT2D eigenvalue weighted by atomic mass is 35.5. The van der Waals surface area contributed by atoms with Crippen LogP contribution in [0.2, 0.25) is 0 Å². The summed E-state index contributed by atoms with van der Waals surface area (Å²) in [5, 5.41) is 0. The predicted molar refractivity (Wildman–Crippen MR) is 165 cm³/mol. The van der Waals surface area contributed by atoms with Crippen LogP contribution in [0.15, 0.2) is 86.2 Å². The van der Waals surface area contributed by atoms with Crippen LogP contribution in [0.25, 0.3) is 39.6 Å². The van der Waals surface area contributed by atoms with Crippen molar-refractivity contribution < 1.29 is 23.1 Å². The van der Waals surface area contributed by atoms with Crippen LogP contribution in [-0.4, -0.2) is 33.2 Å². The third kappa shape index (κ3) is 7.58. The Morgan fingerprint density at radius 2 is 1.62 bits per heavy atom. The largest absolute Gasteiger partial charge is 0.433 e. The fourth-order valence-electron chi connectivity index (χ4n) is 3.81. The van der Waals surface area contributed by atoms with Gasteiger partial charge in [-0.25, -0.2) is 9.97 Å². The lowest BCUT2D eigenvalue weighted by Crippen LogP contribution is -2.43. The van der Waals surface area contributed by atoms with Crippen molar-refractivity contribution in [2.45, 2.75) is 40.2 Å². The topological polar surface area (TPSA) is 92.0 Å². The molecular weight excluding hydrogens is 562 g/mol. The molecule has 0 saturated carbocycles. The number of hydrogen-bond donors (Lipinski definition) is 1. The molecule has 0 spiro atoms. The van der Waals surface area contributed by atoms with Gasteiger partial charge in [-0.1, -0.05) is 39.8 Å². The fourth-order valence-corrected chi connectivity index (χ4v) is 3.99. The summed E-state index contributed by atoms with van der Waals surface area (Å²) >= 11 is 5.99. The van der Waals surface area contributed by atoms with E-state index >= 15 is 0 Å². The predicted octanol–water partition coefficient (Wildman–Crippen LogP) is 7.27.